The van der Waals surface area contributed by atoms with Gasteiger partial charge in [-0.05, 0) is 82.3 Å². The molecule has 2 aromatic rings. The van der Waals surface area contributed by atoms with Crippen LogP contribution >= 0.6 is 48.9 Å². The van der Waals surface area contributed by atoms with E-state index in [1.165, 1.54) is 0 Å². The summed E-state index contributed by atoms with van der Waals surface area (Å²) < 4.78 is 0. The van der Waals surface area contributed by atoms with Crippen molar-refractivity contribution in [3.05, 3.63) is 58.7 Å². The van der Waals surface area contributed by atoms with Crippen molar-refractivity contribution in [2.75, 3.05) is 0 Å². The number of benzene rings is 2. The zero-order chi connectivity index (χ0) is 23.7. The first-order chi connectivity index (χ1) is 15.2. The van der Waals surface area contributed by atoms with Crippen molar-refractivity contribution in [1.82, 2.24) is 21.3 Å². The van der Waals surface area contributed by atoms with E-state index < -0.39 is 0 Å². The van der Waals surface area contributed by atoms with Crippen molar-refractivity contribution in [2.24, 2.45) is 22.9 Å². The summed E-state index contributed by atoms with van der Waals surface area (Å²) in [6, 6.07) is 11.9. The Morgan fingerprint density at radius 2 is 0.719 bits per heavy atom. The van der Waals surface area contributed by atoms with Crippen molar-refractivity contribution in [3.8, 4) is 11.1 Å². The molecule has 0 saturated heterocycles. The van der Waals surface area contributed by atoms with Crippen molar-refractivity contribution >= 4 is 69.3 Å². The van der Waals surface area contributed by atoms with Crippen LogP contribution in [-0.2, 0) is 26.2 Å². The topological polar surface area (TPSA) is 152 Å². The molecule has 0 atom stereocenters. The van der Waals surface area contributed by atoms with E-state index in [1.807, 2.05) is 36.4 Å². The molecular weight excluding hydrogens is 481 g/mol. The Morgan fingerprint density at radius 1 is 0.500 bits per heavy atom. The molecule has 0 unspecified atom stereocenters. The lowest BCUT2D eigenvalue weighted by Gasteiger charge is -2.22. The molecule has 12 N–H and O–H groups in total. The molecule has 0 aliphatic heterocycles. The molecule has 0 saturated carbocycles. The zero-order valence-corrected chi connectivity index (χ0v) is 20.5. The highest BCUT2D eigenvalue weighted by molar-refractivity contribution is 7.80. The third kappa shape index (κ3) is 7.71. The van der Waals surface area contributed by atoms with E-state index in [0.717, 1.165) is 33.4 Å². The van der Waals surface area contributed by atoms with Crippen molar-refractivity contribution < 1.29 is 0 Å². The smallest absolute Gasteiger partial charge is 0.163 e. The van der Waals surface area contributed by atoms with Crippen molar-refractivity contribution in [3.63, 3.8) is 0 Å². The first-order valence-electron chi connectivity index (χ1n) is 9.54. The van der Waals surface area contributed by atoms with E-state index in [2.05, 4.69) is 21.3 Å². The molecule has 2 aromatic carbocycles. The van der Waals surface area contributed by atoms with Gasteiger partial charge in [-0.3, -0.25) is 0 Å². The van der Waals surface area contributed by atoms with E-state index >= 15 is 0 Å². The summed E-state index contributed by atoms with van der Waals surface area (Å²) in [5.41, 5.74) is 28.7. The zero-order valence-electron chi connectivity index (χ0n) is 17.2. The van der Waals surface area contributed by atoms with Gasteiger partial charge in [0.05, 0.1) is 0 Å². The molecule has 0 aliphatic rings. The van der Waals surface area contributed by atoms with E-state index in [4.69, 9.17) is 71.8 Å². The van der Waals surface area contributed by atoms with Gasteiger partial charge in [0.15, 0.2) is 20.4 Å². The summed E-state index contributed by atoms with van der Waals surface area (Å²) in [6.45, 7) is 1.74. The third-order valence-corrected chi connectivity index (χ3v) is 5.11. The van der Waals surface area contributed by atoms with Crippen LogP contribution in [0.4, 0.5) is 0 Å². The predicted molar refractivity (Wildman–Crippen MR) is 146 cm³/mol. The first kappa shape index (κ1) is 25.5. The second-order valence-electron chi connectivity index (χ2n) is 6.77. The van der Waals surface area contributed by atoms with E-state index in [9.17, 15) is 0 Å². The van der Waals surface area contributed by atoms with Gasteiger partial charge in [0.25, 0.3) is 0 Å². The number of rotatable bonds is 9. The van der Waals surface area contributed by atoms with Crippen molar-refractivity contribution in [1.29, 1.82) is 0 Å². The minimum Gasteiger partial charge on any atom is -0.376 e. The van der Waals surface area contributed by atoms with Crippen LogP contribution in [0.1, 0.15) is 22.3 Å². The molecule has 170 valence electrons. The maximum Gasteiger partial charge on any atom is 0.163 e. The number of hydrogen-bond donors (Lipinski definition) is 8. The summed E-state index contributed by atoms with van der Waals surface area (Å²) in [5, 5.41) is 13.0. The minimum absolute atomic E-state index is 0.210. The summed E-state index contributed by atoms with van der Waals surface area (Å²) >= 11 is 20.0. The Balaban J connectivity index is 2.71. The van der Waals surface area contributed by atoms with Gasteiger partial charge >= 0.3 is 0 Å². The van der Waals surface area contributed by atoms with E-state index in [0.29, 0.717) is 26.2 Å². The first-order valence-corrected chi connectivity index (χ1v) is 11.2. The standard InChI is InChI=1S/C20H26N8S4/c21-17(29)25-7-11-3-1-4-12(8-26-18(22)30)15(11)16-13(9-27-19(23)31)5-2-6-14(16)10-28-20(24)32/h1-6H,7-10H2,(H3,21,25,29)(H3,22,26,30)(H3,23,27,31)(H3,24,28,32). The molecule has 32 heavy (non-hydrogen) atoms. The lowest BCUT2D eigenvalue weighted by atomic mass is 9.87. The van der Waals surface area contributed by atoms with Crippen molar-refractivity contribution in [2.45, 2.75) is 26.2 Å². The van der Waals surface area contributed by atoms with Gasteiger partial charge in [-0.25, -0.2) is 0 Å². The molecular formula is C20H26N8S4. The van der Waals surface area contributed by atoms with Gasteiger partial charge in [-0.1, -0.05) is 36.4 Å². The second-order valence-corrected chi connectivity index (χ2v) is 8.53. The number of thiocarbonyl (C=S) groups is 4. The van der Waals surface area contributed by atoms with Crippen LogP contribution in [0.5, 0.6) is 0 Å². The van der Waals surface area contributed by atoms with E-state index in [-0.39, 0.29) is 20.4 Å². The average molecular weight is 507 g/mol. The van der Waals surface area contributed by atoms with Gasteiger partial charge in [0.2, 0.25) is 0 Å². The molecule has 0 aliphatic carbocycles. The van der Waals surface area contributed by atoms with Gasteiger partial charge < -0.3 is 44.2 Å². The van der Waals surface area contributed by atoms with Crippen LogP contribution in [-0.4, -0.2) is 20.4 Å². The highest BCUT2D eigenvalue weighted by Gasteiger charge is 2.18. The average Bonchev–Trinajstić information content (AvgIpc) is 2.73. The molecule has 8 nitrogen and oxygen atoms in total. The van der Waals surface area contributed by atoms with Gasteiger partial charge in [-0.15, -0.1) is 0 Å². The van der Waals surface area contributed by atoms with Crippen LogP contribution in [0.2, 0.25) is 0 Å². The number of hydrogen-bond acceptors (Lipinski definition) is 4. The molecule has 0 bridgehead atoms. The Hall–Kier alpha value is -2.80. The second kappa shape index (κ2) is 12.3. The van der Waals surface area contributed by atoms with Crippen LogP contribution < -0.4 is 44.2 Å². The molecule has 0 aromatic heterocycles. The molecule has 0 fully saturated rings. The monoisotopic (exact) mass is 506 g/mol. The molecule has 0 heterocycles. The van der Waals surface area contributed by atoms with Gasteiger partial charge in [0, 0.05) is 26.2 Å². The maximum absolute atomic E-state index is 5.69. The van der Waals surface area contributed by atoms with Crippen LogP contribution in [0.3, 0.4) is 0 Å². The lowest BCUT2D eigenvalue weighted by Crippen LogP contribution is -2.31. The van der Waals surface area contributed by atoms with Crippen LogP contribution in [0.25, 0.3) is 11.1 Å². The van der Waals surface area contributed by atoms with Crippen LogP contribution in [0, 0.1) is 0 Å². The summed E-state index contributed by atoms with van der Waals surface area (Å²) in [7, 11) is 0. The number of nitrogens with two attached hydrogens (primary N) is 4. The Bertz CT molecular complexity index is 871. The predicted octanol–water partition coefficient (Wildman–Crippen LogP) is 0.686. The minimum atomic E-state index is 0.210. The van der Waals surface area contributed by atoms with E-state index in [1.54, 1.807) is 0 Å². The Morgan fingerprint density at radius 3 is 0.906 bits per heavy atom. The maximum atomic E-state index is 5.69. The molecule has 12 heteroatoms. The summed E-state index contributed by atoms with van der Waals surface area (Å²) in [6.07, 6.45) is 0. The molecule has 2 rings (SSSR count). The van der Waals surface area contributed by atoms with Crippen LogP contribution in [0.15, 0.2) is 36.4 Å². The molecule has 0 spiro atoms. The molecule has 0 radical (unpaired) electrons. The molecule has 0 amide bonds. The highest BCUT2D eigenvalue weighted by Crippen LogP contribution is 2.34. The Kier molecular flexibility index (Phi) is 9.78. The highest BCUT2D eigenvalue weighted by atomic mass is 32.1. The lowest BCUT2D eigenvalue weighted by molar-refractivity contribution is 0.875. The van der Waals surface area contributed by atoms with Gasteiger partial charge in [-0.2, -0.15) is 0 Å². The summed E-state index contributed by atoms with van der Waals surface area (Å²) in [4.78, 5) is 0. The SMILES string of the molecule is NC(=S)NCc1cccc(CNC(N)=S)c1-c1c(CNC(N)=S)cccc1CNC(N)=S. The number of nitrogens with one attached hydrogen (secondary N) is 4. The third-order valence-electron chi connectivity index (χ3n) is 4.54. The quantitative estimate of drug-likeness (QED) is 0.226. The Labute approximate surface area is 208 Å². The normalized spacial score (nSPS) is 10.1. The fraction of sp³-hybridized carbons (Fsp3) is 0.200. The largest absolute Gasteiger partial charge is 0.376 e. The van der Waals surface area contributed by atoms with Gasteiger partial charge in [0.1, 0.15) is 0 Å². The summed E-state index contributed by atoms with van der Waals surface area (Å²) in [5.74, 6) is 0. The fourth-order valence-electron chi connectivity index (χ4n) is 3.27. The fourth-order valence-corrected chi connectivity index (χ4v) is 3.56.